The molecule has 2 aliphatic rings. The summed E-state index contributed by atoms with van der Waals surface area (Å²) in [7, 11) is 2.09. The minimum absolute atomic E-state index is 0.871. The van der Waals surface area contributed by atoms with E-state index in [9.17, 15) is 0 Å². The molecule has 0 spiro atoms. The molecule has 1 N–H and O–H groups in total. The Balaban J connectivity index is 1.51. The van der Waals surface area contributed by atoms with E-state index in [0.717, 1.165) is 18.4 Å². The van der Waals surface area contributed by atoms with E-state index in [1.54, 1.807) is 0 Å². The van der Waals surface area contributed by atoms with E-state index in [-0.39, 0.29) is 0 Å². The number of piperidine rings is 1. The van der Waals surface area contributed by atoms with Crippen LogP contribution >= 0.6 is 0 Å². The predicted molar refractivity (Wildman–Crippen MR) is 77.1 cm³/mol. The number of hydrogen-bond donors (Lipinski definition) is 1. The van der Waals surface area contributed by atoms with E-state index in [1.165, 1.54) is 57.7 Å². The number of hydrogen-bond acceptors (Lipinski definition) is 3. The van der Waals surface area contributed by atoms with Crippen molar-refractivity contribution in [1.29, 1.82) is 0 Å². The molecule has 106 valence electrons. The second-order valence-corrected chi connectivity index (χ2v) is 6.12. The highest BCUT2D eigenvalue weighted by Gasteiger charge is 2.30. The molecule has 0 aromatic carbocycles. The zero-order valence-electron chi connectivity index (χ0n) is 12.0. The molecule has 19 heavy (non-hydrogen) atoms. The molecule has 0 unspecified atom stereocenters. The van der Waals surface area contributed by atoms with Gasteiger partial charge in [0.15, 0.2) is 0 Å². The molecule has 1 saturated heterocycles. The Hall–Kier alpha value is -0.870. The summed E-state index contributed by atoms with van der Waals surface area (Å²) in [6, 6.07) is 0.871. The van der Waals surface area contributed by atoms with Crippen molar-refractivity contribution in [1.82, 2.24) is 19.8 Å². The summed E-state index contributed by atoms with van der Waals surface area (Å²) < 4.78 is 2.15. The molecule has 0 radical (unpaired) electrons. The Morgan fingerprint density at radius 3 is 2.74 bits per heavy atom. The van der Waals surface area contributed by atoms with Crippen molar-refractivity contribution in [3.8, 4) is 0 Å². The smallest absolute Gasteiger partial charge is 0.109 e. The lowest BCUT2D eigenvalue weighted by molar-refractivity contribution is 0.198. The van der Waals surface area contributed by atoms with Crippen molar-refractivity contribution in [3.05, 3.63) is 18.2 Å². The lowest BCUT2D eigenvalue weighted by Crippen LogP contribution is -2.38. The van der Waals surface area contributed by atoms with Gasteiger partial charge in [0.05, 0.1) is 0 Å². The van der Waals surface area contributed by atoms with Gasteiger partial charge in [-0.15, -0.1) is 0 Å². The highest BCUT2D eigenvalue weighted by molar-refractivity contribution is 4.94. The summed E-state index contributed by atoms with van der Waals surface area (Å²) >= 11 is 0. The lowest BCUT2D eigenvalue weighted by atomic mass is 9.97. The van der Waals surface area contributed by atoms with Crippen LogP contribution in [-0.4, -0.2) is 46.7 Å². The van der Waals surface area contributed by atoms with Crippen LogP contribution in [0.3, 0.4) is 0 Å². The largest absolute Gasteiger partial charge is 0.338 e. The molecular weight excluding hydrogens is 236 g/mol. The van der Waals surface area contributed by atoms with Gasteiger partial charge < -0.3 is 9.88 Å². The van der Waals surface area contributed by atoms with Gasteiger partial charge >= 0.3 is 0 Å². The van der Waals surface area contributed by atoms with Crippen LogP contribution in [0, 0.1) is 5.92 Å². The summed E-state index contributed by atoms with van der Waals surface area (Å²) in [6.07, 6.45) is 10.6. The predicted octanol–water partition coefficient (Wildman–Crippen LogP) is 1.43. The van der Waals surface area contributed by atoms with Gasteiger partial charge in [0, 0.05) is 45.0 Å². The molecule has 2 fully saturated rings. The third-order valence-electron chi connectivity index (χ3n) is 4.56. The zero-order chi connectivity index (χ0) is 13.1. The molecular formula is C15H26N4. The third kappa shape index (κ3) is 3.57. The number of aryl methyl sites for hydroxylation is 1. The molecule has 0 bridgehead atoms. The van der Waals surface area contributed by atoms with Crippen molar-refractivity contribution in [3.63, 3.8) is 0 Å². The van der Waals surface area contributed by atoms with Crippen LogP contribution in [-0.2, 0) is 13.5 Å². The first-order valence-electron chi connectivity index (χ1n) is 7.74. The zero-order valence-corrected chi connectivity index (χ0v) is 12.0. The second-order valence-electron chi connectivity index (χ2n) is 6.12. The van der Waals surface area contributed by atoms with Gasteiger partial charge in [-0.2, -0.15) is 0 Å². The molecule has 1 aliphatic heterocycles. The SMILES string of the molecule is Cn1ccnc1CCN(CC1CCNCC1)C1CC1. The van der Waals surface area contributed by atoms with Gasteiger partial charge in [-0.1, -0.05) is 0 Å². The summed E-state index contributed by atoms with van der Waals surface area (Å²) in [6.45, 7) is 4.90. The Labute approximate surface area is 116 Å². The standard InChI is InChI=1S/C15H26N4/c1-18-11-9-17-15(18)6-10-19(14-2-3-14)12-13-4-7-16-8-5-13/h9,11,13-14,16H,2-8,10,12H2,1H3. The molecule has 1 aromatic heterocycles. The van der Waals surface area contributed by atoms with Crippen molar-refractivity contribution in [2.75, 3.05) is 26.2 Å². The number of aromatic nitrogens is 2. The molecule has 0 amide bonds. The van der Waals surface area contributed by atoms with Crippen LogP contribution in [0.4, 0.5) is 0 Å². The minimum atomic E-state index is 0.871. The average molecular weight is 262 g/mol. The van der Waals surface area contributed by atoms with E-state index in [1.807, 2.05) is 12.4 Å². The third-order valence-corrected chi connectivity index (χ3v) is 4.56. The lowest BCUT2D eigenvalue weighted by Gasteiger charge is -2.30. The summed E-state index contributed by atoms with van der Waals surface area (Å²) in [5, 5.41) is 3.46. The van der Waals surface area contributed by atoms with Crippen molar-refractivity contribution in [2.24, 2.45) is 13.0 Å². The van der Waals surface area contributed by atoms with Gasteiger partial charge in [0.25, 0.3) is 0 Å². The Morgan fingerprint density at radius 2 is 2.11 bits per heavy atom. The van der Waals surface area contributed by atoms with Crippen LogP contribution in [0.1, 0.15) is 31.5 Å². The maximum Gasteiger partial charge on any atom is 0.109 e. The monoisotopic (exact) mass is 262 g/mol. The molecule has 4 nitrogen and oxygen atoms in total. The van der Waals surface area contributed by atoms with Gasteiger partial charge in [-0.25, -0.2) is 4.98 Å². The quantitative estimate of drug-likeness (QED) is 0.842. The minimum Gasteiger partial charge on any atom is -0.338 e. The fourth-order valence-corrected chi connectivity index (χ4v) is 3.14. The highest BCUT2D eigenvalue weighted by atomic mass is 15.2. The Kier molecular flexibility index (Phi) is 4.18. The summed E-state index contributed by atoms with van der Waals surface area (Å²) in [4.78, 5) is 7.17. The van der Waals surface area contributed by atoms with Crippen LogP contribution in [0.25, 0.3) is 0 Å². The second kappa shape index (κ2) is 6.06. The van der Waals surface area contributed by atoms with E-state index in [4.69, 9.17) is 0 Å². The van der Waals surface area contributed by atoms with Crippen LogP contribution in [0.15, 0.2) is 12.4 Å². The topological polar surface area (TPSA) is 33.1 Å². The number of nitrogens with zero attached hydrogens (tertiary/aromatic N) is 3. The number of nitrogens with one attached hydrogen (secondary N) is 1. The normalized spacial score (nSPS) is 21.2. The van der Waals surface area contributed by atoms with Gasteiger partial charge in [0.1, 0.15) is 5.82 Å². The van der Waals surface area contributed by atoms with Crippen LogP contribution < -0.4 is 5.32 Å². The fourth-order valence-electron chi connectivity index (χ4n) is 3.14. The highest BCUT2D eigenvalue weighted by Crippen LogP contribution is 2.29. The van der Waals surface area contributed by atoms with Crippen molar-refractivity contribution in [2.45, 2.75) is 38.1 Å². The molecule has 2 heterocycles. The van der Waals surface area contributed by atoms with Crippen LogP contribution in [0.2, 0.25) is 0 Å². The molecule has 1 saturated carbocycles. The Morgan fingerprint density at radius 1 is 1.32 bits per heavy atom. The van der Waals surface area contributed by atoms with E-state index < -0.39 is 0 Å². The van der Waals surface area contributed by atoms with Gasteiger partial charge in [-0.05, 0) is 44.7 Å². The van der Waals surface area contributed by atoms with E-state index >= 15 is 0 Å². The van der Waals surface area contributed by atoms with Crippen molar-refractivity contribution >= 4 is 0 Å². The molecule has 1 aromatic rings. The van der Waals surface area contributed by atoms with Gasteiger partial charge in [-0.3, -0.25) is 4.90 Å². The fraction of sp³-hybridized carbons (Fsp3) is 0.800. The molecule has 0 atom stereocenters. The molecule has 4 heteroatoms. The van der Waals surface area contributed by atoms with E-state index in [0.29, 0.717) is 0 Å². The summed E-state index contributed by atoms with van der Waals surface area (Å²) in [5.74, 6) is 2.12. The van der Waals surface area contributed by atoms with Crippen LogP contribution in [0.5, 0.6) is 0 Å². The maximum absolute atomic E-state index is 4.44. The maximum atomic E-state index is 4.44. The van der Waals surface area contributed by atoms with Gasteiger partial charge in [0.2, 0.25) is 0 Å². The number of imidazole rings is 1. The van der Waals surface area contributed by atoms with E-state index in [2.05, 4.69) is 26.8 Å². The Bertz CT molecular complexity index is 391. The number of rotatable bonds is 6. The first-order valence-corrected chi connectivity index (χ1v) is 7.74. The van der Waals surface area contributed by atoms with Crippen molar-refractivity contribution < 1.29 is 0 Å². The molecule has 3 rings (SSSR count). The average Bonchev–Trinajstić information content (AvgIpc) is 3.20. The first kappa shape index (κ1) is 13.1. The molecule has 1 aliphatic carbocycles. The first-order chi connectivity index (χ1) is 9.33. The summed E-state index contributed by atoms with van der Waals surface area (Å²) in [5.41, 5.74) is 0.